The van der Waals surface area contributed by atoms with Gasteiger partial charge in [0.05, 0.1) is 0 Å². The van der Waals surface area contributed by atoms with E-state index in [-0.39, 0.29) is 0 Å². The van der Waals surface area contributed by atoms with Crippen LogP contribution in [0.1, 0.15) is 13.8 Å². The monoisotopic (exact) mass is 181 g/mol. The van der Waals surface area contributed by atoms with E-state index in [0.29, 0.717) is 5.75 Å². The molecule has 0 saturated heterocycles. The Morgan fingerprint density at radius 2 is 1.83 bits per heavy atom. The minimum atomic E-state index is -0.833. The van der Waals surface area contributed by atoms with Gasteiger partial charge in [-0.25, -0.2) is 5.11 Å². The normalized spacial score (nSPS) is 11.6. The van der Waals surface area contributed by atoms with Gasteiger partial charge < -0.3 is 0 Å². The summed E-state index contributed by atoms with van der Waals surface area (Å²) in [5.41, 5.74) is -0.833. The summed E-state index contributed by atoms with van der Waals surface area (Å²) < 4.78 is 0. The molecule has 1 aromatic carbocycles. The summed E-state index contributed by atoms with van der Waals surface area (Å²) in [5, 5.41) is 11.3. The zero-order valence-electron chi connectivity index (χ0n) is 7.41. The largest absolute Gasteiger partial charge is 0.229 e. The number of hydrogen-bond acceptors (Lipinski definition) is 1. The summed E-state index contributed by atoms with van der Waals surface area (Å²) in [7, 11) is 0. The molecule has 1 nitrogen and oxygen atoms in total. The van der Waals surface area contributed by atoms with Crippen molar-refractivity contribution in [3.63, 3.8) is 0 Å². The summed E-state index contributed by atoms with van der Waals surface area (Å²) in [6.45, 7) is 3.42. The lowest BCUT2D eigenvalue weighted by molar-refractivity contribution is 0.0264. The Morgan fingerprint density at radius 3 is 2.33 bits per heavy atom. The predicted octanol–water partition coefficient (Wildman–Crippen LogP) is 2.99. The third-order valence-corrected chi connectivity index (χ3v) is 2.77. The van der Waals surface area contributed by atoms with Crippen LogP contribution >= 0.6 is 11.8 Å². The van der Waals surface area contributed by atoms with Crippen LogP contribution in [0.2, 0.25) is 0 Å². The average molecular weight is 181 g/mol. The van der Waals surface area contributed by atoms with E-state index in [0.717, 1.165) is 0 Å². The first-order valence-corrected chi connectivity index (χ1v) is 4.95. The molecule has 0 spiro atoms. The molecule has 2 heteroatoms. The standard InChI is InChI=1S/C10H13OS/c1-10(2,11)8-12-9-6-4-3-5-7-9/h3-7H,8H2,1-2H3. The highest BCUT2D eigenvalue weighted by atomic mass is 32.2. The van der Waals surface area contributed by atoms with Crippen LogP contribution in [0.5, 0.6) is 0 Å². The molecule has 0 aromatic heterocycles. The second kappa shape index (κ2) is 3.97. The first-order chi connectivity index (χ1) is 5.58. The van der Waals surface area contributed by atoms with E-state index in [1.807, 2.05) is 30.3 Å². The van der Waals surface area contributed by atoms with Crippen molar-refractivity contribution in [3.05, 3.63) is 30.3 Å². The fraction of sp³-hybridized carbons (Fsp3) is 0.400. The quantitative estimate of drug-likeness (QED) is 0.656. The van der Waals surface area contributed by atoms with Gasteiger partial charge in [-0.15, -0.1) is 11.8 Å². The van der Waals surface area contributed by atoms with E-state index in [9.17, 15) is 5.11 Å². The van der Waals surface area contributed by atoms with Crippen LogP contribution in [-0.4, -0.2) is 11.4 Å². The zero-order valence-corrected chi connectivity index (χ0v) is 8.23. The summed E-state index contributed by atoms with van der Waals surface area (Å²) >= 11 is 1.61. The second-order valence-corrected chi connectivity index (χ2v) is 4.41. The Balaban J connectivity index is 2.44. The molecule has 0 amide bonds. The molecular formula is C10H13OS. The molecule has 0 N–H and O–H groups in total. The lowest BCUT2D eigenvalue weighted by atomic mass is 10.2. The maximum absolute atomic E-state index is 11.3. The summed E-state index contributed by atoms with van der Waals surface area (Å²) in [6.07, 6.45) is 0. The topological polar surface area (TPSA) is 19.9 Å². The van der Waals surface area contributed by atoms with Crippen LogP contribution in [-0.2, 0) is 5.11 Å². The van der Waals surface area contributed by atoms with Gasteiger partial charge in [0.2, 0.25) is 0 Å². The fourth-order valence-corrected chi connectivity index (χ4v) is 1.64. The number of hydrogen-bond donors (Lipinski definition) is 0. The van der Waals surface area contributed by atoms with Gasteiger partial charge in [-0.1, -0.05) is 18.2 Å². The van der Waals surface area contributed by atoms with Crippen molar-refractivity contribution in [1.29, 1.82) is 0 Å². The van der Waals surface area contributed by atoms with Crippen molar-refractivity contribution in [2.24, 2.45) is 0 Å². The molecule has 0 heterocycles. The van der Waals surface area contributed by atoms with E-state index in [1.165, 1.54) is 4.90 Å². The van der Waals surface area contributed by atoms with E-state index in [1.54, 1.807) is 25.6 Å². The minimum Gasteiger partial charge on any atom is -0.229 e. The SMILES string of the molecule is CC(C)([O])CSc1ccccc1. The number of benzene rings is 1. The Labute approximate surface area is 77.8 Å². The van der Waals surface area contributed by atoms with Crippen LogP contribution in [0.4, 0.5) is 0 Å². The van der Waals surface area contributed by atoms with Crippen LogP contribution in [0.15, 0.2) is 35.2 Å². The van der Waals surface area contributed by atoms with E-state index in [4.69, 9.17) is 0 Å². The van der Waals surface area contributed by atoms with E-state index in [2.05, 4.69) is 0 Å². The van der Waals surface area contributed by atoms with E-state index < -0.39 is 5.60 Å². The molecule has 0 aliphatic carbocycles. The Hall–Kier alpha value is -0.470. The third kappa shape index (κ3) is 3.79. The highest BCUT2D eigenvalue weighted by Gasteiger charge is 2.14. The lowest BCUT2D eigenvalue weighted by Crippen LogP contribution is -2.19. The van der Waals surface area contributed by atoms with Crippen molar-refractivity contribution >= 4 is 11.8 Å². The third-order valence-electron chi connectivity index (χ3n) is 1.33. The fourth-order valence-electron chi connectivity index (χ4n) is 0.774. The highest BCUT2D eigenvalue weighted by molar-refractivity contribution is 7.99. The zero-order chi connectivity index (χ0) is 9.03. The van der Waals surface area contributed by atoms with E-state index >= 15 is 0 Å². The van der Waals surface area contributed by atoms with Crippen LogP contribution in [0.3, 0.4) is 0 Å². The number of thioether (sulfide) groups is 1. The molecule has 1 radical (unpaired) electrons. The Bertz CT molecular complexity index is 225. The molecule has 1 aromatic rings. The predicted molar refractivity (Wildman–Crippen MR) is 51.9 cm³/mol. The second-order valence-electron chi connectivity index (χ2n) is 3.36. The molecular weight excluding hydrogens is 168 g/mol. The van der Waals surface area contributed by atoms with Crippen LogP contribution in [0.25, 0.3) is 0 Å². The molecule has 0 fully saturated rings. The Morgan fingerprint density at radius 1 is 1.25 bits per heavy atom. The first kappa shape index (κ1) is 9.62. The highest BCUT2D eigenvalue weighted by Crippen LogP contribution is 2.21. The molecule has 0 atom stereocenters. The minimum absolute atomic E-state index is 0.622. The summed E-state index contributed by atoms with van der Waals surface area (Å²) in [4.78, 5) is 1.17. The van der Waals surface area contributed by atoms with Crippen molar-refractivity contribution < 1.29 is 5.11 Å². The molecule has 65 valence electrons. The molecule has 0 bridgehead atoms. The smallest absolute Gasteiger partial charge is 0.107 e. The average Bonchev–Trinajstić information content (AvgIpc) is 2.02. The van der Waals surface area contributed by atoms with Gasteiger partial charge in [-0.05, 0) is 26.0 Å². The summed E-state index contributed by atoms with van der Waals surface area (Å²) in [6, 6.07) is 10.00. The summed E-state index contributed by atoms with van der Waals surface area (Å²) in [5.74, 6) is 0.622. The van der Waals surface area contributed by atoms with Gasteiger partial charge >= 0.3 is 0 Å². The van der Waals surface area contributed by atoms with Crippen LogP contribution < -0.4 is 0 Å². The van der Waals surface area contributed by atoms with Gasteiger partial charge in [0.1, 0.15) is 5.60 Å². The lowest BCUT2D eigenvalue weighted by Gasteiger charge is -2.12. The molecule has 0 aliphatic rings. The first-order valence-electron chi connectivity index (χ1n) is 3.96. The molecule has 0 unspecified atom stereocenters. The van der Waals surface area contributed by atoms with Gasteiger partial charge in [0.25, 0.3) is 0 Å². The van der Waals surface area contributed by atoms with Crippen LogP contribution in [0, 0.1) is 0 Å². The van der Waals surface area contributed by atoms with Crippen molar-refractivity contribution in [1.82, 2.24) is 0 Å². The van der Waals surface area contributed by atoms with Gasteiger partial charge in [0, 0.05) is 10.6 Å². The Kier molecular flexibility index (Phi) is 3.18. The van der Waals surface area contributed by atoms with Crippen molar-refractivity contribution in [2.45, 2.75) is 24.3 Å². The van der Waals surface area contributed by atoms with Gasteiger partial charge in [-0.3, -0.25) is 0 Å². The molecule has 12 heavy (non-hydrogen) atoms. The van der Waals surface area contributed by atoms with Gasteiger partial charge in [0.15, 0.2) is 0 Å². The van der Waals surface area contributed by atoms with Gasteiger partial charge in [-0.2, -0.15) is 0 Å². The van der Waals surface area contributed by atoms with Crippen molar-refractivity contribution in [3.8, 4) is 0 Å². The maximum Gasteiger partial charge on any atom is 0.107 e. The molecule has 1 rings (SSSR count). The molecule has 0 saturated carbocycles. The molecule has 0 aliphatic heterocycles. The number of rotatable bonds is 3. The van der Waals surface area contributed by atoms with Crippen molar-refractivity contribution in [2.75, 3.05) is 5.75 Å². The maximum atomic E-state index is 11.3.